The van der Waals surface area contributed by atoms with Crippen molar-refractivity contribution in [2.24, 2.45) is 5.14 Å². The third-order valence-corrected chi connectivity index (χ3v) is 6.33. The van der Waals surface area contributed by atoms with Gasteiger partial charge in [0.15, 0.2) is 0 Å². The van der Waals surface area contributed by atoms with Crippen molar-refractivity contribution in [1.29, 1.82) is 0 Å². The lowest BCUT2D eigenvalue weighted by Gasteiger charge is -2.03. The van der Waals surface area contributed by atoms with E-state index in [0.29, 0.717) is 30.6 Å². The number of aromatic nitrogens is 5. The molecule has 0 fully saturated rings. The maximum Gasteiger partial charge on any atom is 0.267 e. The quantitative estimate of drug-likeness (QED) is 0.267. The minimum absolute atomic E-state index is 0.0859. The van der Waals surface area contributed by atoms with Gasteiger partial charge >= 0.3 is 0 Å². The van der Waals surface area contributed by atoms with Gasteiger partial charge in [0.25, 0.3) is 10.0 Å². The molecule has 0 aromatic carbocycles. The molecule has 0 saturated heterocycles. The van der Waals surface area contributed by atoms with Gasteiger partial charge in [0, 0.05) is 32.1 Å². The van der Waals surface area contributed by atoms with Gasteiger partial charge in [-0.2, -0.15) is 0 Å². The second kappa shape index (κ2) is 12.4. The number of carbonyl (C=O) groups excluding carboxylic acids is 2. The normalized spacial score (nSPS) is 11.4. The van der Waals surface area contributed by atoms with Gasteiger partial charge in [-0.15, -0.1) is 15.3 Å². The number of nitrogens with zero attached hydrogens (tertiary/aromatic N) is 5. The summed E-state index contributed by atoms with van der Waals surface area (Å²) in [4.78, 5) is 23.5. The summed E-state index contributed by atoms with van der Waals surface area (Å²) in [6, 6.07) is 0. The first kappa shape index (κ1) is 24.8. The van der Waals surface area contributed by atoms with Crippen LogP contribution in [0.1, 0.15) is 57.6 Å². The molecule has 0 aliphatic heterocycles. The van der Waals surface area contributed by atoms with Gasteiger partial charge in [-0.1, -0.05) is 29.9 Å². The average Bonchev–Trinajstić information content (AvgIpc) is 3.35. The van der Waals surface area contributed by atoms with Crippen molar-refractivity contribution < 1.29 is 18.0 Å². The number of nitrogens with two attached hydrogens (primary N) is 1. The SMILES string of the molecule is CCCNC(=O)CCCCCn1cc(CCCC(=O)Nc2nnc(S(N)(=O)=O)s2)nn1. The Hall–Kier alpha value is -2.45. The molecule has 2 rings (SSSR count). The summed E-state index contributed by atoms with van der Waals surface area (Å²) >= 11 is 0.702. The van der Waals surface area contributed by atoms with Crippen LogP contribution in [0.15, 0.2) is 10.5 Å². The van der Waals surface area contributed by atoms with E-state index in [1.807, 2.05) is 13.1 Å². The molecular weight excluding hydrogens is 444 g/mol. The zero-order chi connectivity index (χ0) is 22.7. The van der Waals surface area contributed by atoms with Crippen LogP contribution in [0.5, 0.6) is 0 Å². The zero-order valence-corrected chi connectivity index (χ0v) is 19.0. The molecule has 0 aliphatic rings. The second-order valence-electron chi connectivity index (χ2n) is 6.95. The minimum atomic E-state index is -3.93. The van der Waals surface area contributed by atoms with Crippen molar-refractivity contribution in [3.63, 3.8) is 0 Å². The van der Waals surface area contributed by atoms with E-state index >= 15 is 0 Å². The average molecular weight is 473 g/mol. The minimum Gasteiger partial charge on any atom is -0.356 e. The highest BCUT2D eigenvalue weighted by molar-refractivity contribution is 7.91. The molecule has 0 spiro atoms. The Labute approximate surface area is 185 Å². The molecule has 2 amide bonds. The maximum atomic E-state index is 12.0. The summed E-state index contributed by atoms with van der Waals surface area (Å²) in [6.07, 6.45) is 7.40. The van der Waals surface area contributed by atoms with Crippen LogP contribution >= 0.6 is 11.3 Å². The van der Waals surface area contributed by atoms with Crippen molar-refractivity contribution in [2.75, 3.05) is 11.9 Å². The smallest absolute Gasteiger partial charge is 0.267 e. The summed E-state index contributed by atoms with van der Waals surface area (Å²) in [6.45, 7) is 3.48. The fraction of sp³-hybridized carbons (Fsp3) is 0.647. The first-order valence-corrected chi connectivity index (χ1v) is 12.5. The first-order valence-electron chi connectivity index (χ1n) is 10.1. The Kier molecular flexibility index (Phi) is 9.94. The molecule has 2 heterocycles. The van der Waals surface area contributed by atoms with E-state index in [1.54, 1.807) is 4.68 Å². The Morgan fingerprint density at radius 2 is 1.87 bits per heavy atom. The Bertz CT molecular complexity index is 957. The lowest BCUT2D eigenvalue weighted by Crippen LogP contribution is -2.23. The van der Waals surface area contributed by atoms with Crippen LogP contribution in [0.25, 0.3) is 0 Å². The number of nitrogens with one attached hydrogen (secondary N) is 2. The predicted molar refractivity (Wildman–Crippen MR) is 115 cm³/mol. The maximum absolute atomic E-state index is 12.0. The van der Waals surface area contributed by atoms with Gasteiger partial charge in [0.1, 0.15) is 0 Å². The molecule has 0 unspecified atom stereocenters. The standard InChI is InChI=1S/C17H28N8O4S2/c1-2-10-19-14(26)8-4-3-5-11-25-12-13(21-24-25)7-6-9-15(27)20-16-22-23-17(30-16)31(18,28)29/h12H,2-11H2,1H3,(H,19,26)(H2,18,28,29)(H,20,22,27). The topological polar surface area (TPSA) is 175 Å². The molecular formula is C17H28N8O4S2. The summed E-state index contributed by atoms with van der Waals surface area (Å²) in [5, 5.41) is 25.6. The van der Waals surface area contributed by atoms with Crippen molar-refractivity contribution in [3.8, 4) is 0 Å². The molecule has 172 valence electrons. The van der Waals surface area contributed by atoms with Crippen LogP contribution in [-0.4, -0.2) is 52.0 Å². The molecule has 0 atom stereocenters. The highest BCUT2D eigenvalue weighted by Gasteiger charge is 2.16. The number of unbranched alkanes of at least 4 members (excludes halogenated alkanes) is 2. The van der Waals surface area contributed by atoms with Crippen LogP contribution in [0.3, 0.4) is 0 Å². The highest BCUT2D eigenvalue weighted by atomic mass is 32.2. The van der Waals surface area contributed by atoms with E-state index in [1.165, 1.54) is 0 Å². The Balaban J connectivity index is 1.60. The van der Waals surface area contributed by atoms with E-state index in [9.17, 15) is 18.0 Å². The number of primary sulfonamides is 1. The molecule has 2 aromatic heterocycles. The first-order chi connectivity index (χ1) is 14.8. The van der Waals surface area contributed by atoms with Crippen LogP contribution in [0, 0.1) is 0 Å². The van der Waals surface area contributed by atoms with Crippen molar-refractivity contribution in [3.05, 3.63) is 11.9 Å². The summed E-state index contributed by atoms with van der Waals surface area (Å²) in [5.74, 6) is -0.197. The third-order valence-electron chi connectivity index (χ3n) is 4.18. The number of aryl methyl sites for hydroxylation is 2. The molecule has 12 nitrogen and oxygen atoms in total. The lowest BCUT2D eigenvalue weighted by atomic mass is 10.2. The molecule has 0 saturated carbocycles. The zero-order valence-electron chi connectivity index (χ0n) is 17.4. The van der Waals surface area contributed by atoms with E-state index in [4.69, 9.17) is 5.14 Å². The summed E-state index contributed by atoms with van der Waals surface area (Å²) < 4.78 is 23.7. The second-order valence-corrected chi connectivity index (χ2v) is 9.67. The molecule has 2 aromatic rings. The summed E-state index contributed by atoms with van der Waals surface area (Å²) in [5.41, 5.74) is 0.791. The number of carbonyl (C=O) groups is 2. The lowest BCUT2D eigenvalue weighted by molar-refractivity contribution is -0.121. The Morgan fingerprint density at radius 1 is 1.10 bits per heavy atom. The number of amides is 2. The van der Waals surface area contributed by atoms with Gasteiger partial charge in [-0.3, -0.25) is 14.3 Å². The molecule has 31 heavy (non-hydrogen) atoms. The molecule has 0 radical (unpaired) electrons. The van der Waals surface area contributed by atoms with Crippen molar-refractivity contribution in [1.82, 2.24) is 30.5 Å². The molecule has 4 N–H and O–H groups in total. The third kappa shape index (κ3) is 9.48. The fourth-order valence-electron chi connectivity index (χ4n) is 2.64. The van der Waals surface area contributed by atoms with Crippen LogP contribution < -0.4 is 15.8 Å². The van der Waals surface area contributed by atoms with Gasteiger partial charge in [0.05, 0.1) is 5.69 Å². The predicted octanol–water partition coefficient (Wildman–Crippen LogP) is 0.825. The molecule has 0 aliphatic carbocycles. The summed E-state index contributed by atoms with van der Waals surface area (Å²) in [7, 11) is -3.93. The number of hydrogen-bond acceptors (Lipinski definition) is 9. The van der Waals surface area contributed by atoms with Crippen LogP contribution in [-0.2, 0) is 32.6 Å². The van der Waals surface area contributed by atoms with Crippen molar-refractivity contribution >= 4 is 38.3 Å². The van der Waals surface area contributed by atoms with E-state index in [0.717, 1.165) is 44.5 Å². The highest BCUT2D eigenvalue weighted by Crippen LogP contribution is 2.18. The van der Waals surface area contributed by atoms with Gasteiger partial charge in [0.2, 0.25) is 21.3 Å². The number of rotatable bonds is 14. The largest absolute Gasteiger partial charge is 0.356 e. The van der Waals surface area contributed by atoms with Crippen LogP contribution in [0.4, 0.5) is 5.13 Å². The Morgan fingerprint density at radius 3 is 2.58 bits per heavy atom. The number of sulfonamides is 1. The fourth-order valence-corrected chi connectivity index (χ4v) is 3.99. The van der Waals surface area contributed by atoms with Gasteiger partial charge < -0.3 is 10.6 Å². The van der Waals surface area contributed by atoms with E-state index < -0.39 is 10.0 Å². The molecule has 14 heteroatoms. The number of hydrogen-bond donors (Lipinski definition) is 3. The van der Waals surface area contributed by atoms with Crippen molar-refractivity contribution in [2.45, 2.75) is 69.2 Å². The van der Waals surface area contributed by atoms with Crippen LogP contribution in [0.2, 0.25) is 0 Å². The number of anilines is 1. The molecule has 0 bridgehead atoms. The van der Waals surface area contributed by atoms with Gasteiger partial charge in [-0.25, -0.2) is 13.6 Å². The monoisotopic (exact) mass is 472 g/mol. The van der Waals surface area contributed by atoms with E-state index in [2.05, 4.69) is 31.1 Å². The van der Waals surface area contributed by atoms with Gasteiger partial charge in [-0.05, 0) is 32.1 Å². The van der Waals surface area contributed by atoms with E-state index in [-0.39, 0.29) is 27.7 Å².